The molecule has 0 unspecified atom stereocenters. The standard InChI is InChI=1S/C18H25N3O2S/c22-24(23,15-18-5-2-1-3-6-18)21-12-8-17(9-13-21)7-4-11-20-14-10-19-16-20/h1-3,5-6,10,14,16-17H,4,7-9,11-13,15H2. The molecule has 1 saturated heterocycles. The first-order chi connectivity index (χ1) is 11.6. The molecule has 5 nitrogen and oxygen atoms in total. The molecule has 2 aromatic rings. The van der Waals surface area contributed by atoms with Crippen LogP contribution in [0.3, 0.4) is 0 Å². The summed E-state index contributed by atoms with van der Waals surface area (Å²) in [6, 6.07) is 9.43. The van der Waals surface area contributed by atoms with E-state index in [9.17, 15) is 8.42 Å². The average Bonchev–Trinajstić information content (AvgIpc) is 3.09. The molecule has 130 valence electrons. The van der Waals surface area contributed by atoms with Crippen LogP contribution in [-0.4, -0.2) is 35.4 Å². The summed E-state index contributed by atoms with van der Waals surface area (Å²) in [7, 11) is -3.19. The molecule has 0 bridgehead atoms. The van der Waals surface area contributed by atoms with Gasteiger partial charge >= 0.3 is 0 Å². The average molecular weight is 347 g/mol. The summed E-state index contributed by atoms with van der Waals surface area (Å²) in [5.74, 6) is 0.746. The van der Waals surface area contributed by atoms with Gasteiger partial charge < -0.3 is 4.57 Å². The van der Waals surface area contributed by atoms with Gasteiger partial charge in [0, 0.05) is 32.0 Å². The molecule has 1 fully saturated rings. The molecule has 24 heavy (non-hydrogen) atoms. The molecule has 0 radical (unpaired) electrons. The van der Waals surface area contributed by atoms with Crippen LogP contribution in [0.1, 0.15) is 31.2 Å². The van der Waals surface area contributed by atoms with Crippen molar-refractivity contribution in [2.45, 2.75) is 38.0 Å². The van der Waals surface area contributed by atoms with Gasteiger partial charge in [-0.15, -0.1) is 0 Å². The van der Waals surface area contributed by atoms with Gasteiger partial charge in [-0.05, 0) is 37.2 Å². The second-order valence-corrected chi connectivity index (χ2v) is 8.50. The molecule has 0 saturated carbocycles. The fourth-order valence-electron chi connectivity index (χ4n) is 3.33. The predicted octanol–water partition coefficient (Wildman–Crippen LogP) is 2.91. The third-order valence-electron chi connectivity index (χ3n) is 4.75. The second kappa shape index (κ2) is 7.94. The maximum absolute atomic E-state index is 12.5. The Balaban J connectivity index is 1.44. The first-order valence-corrected chi connectivity index (χ1v) is 10.2. The number of rotatable bonds is 7. The minimum absolute atomic E-state index is 0.110. The van der Waals surface area contributed by atoms with Gasteiger partial charge in [-0.25, -0.2) is 17.7 Å². The molecule has 0 amide bonds. The zero-order valence-corrected chi connectivity index (χ0v) is 14.7. The van der Waals surface area contributed by atoms with E-state index in [-0.39, 0.29) is 5.75 Å². The van der Waals surface area contributed by atoms with Crippen LogP contribution in [0.2, 0.25) is 0 Å². The van der Waals surface area contributed by atoms with Crippen molar-refractivity contribution < 1.29 is 8.42 Å². The van der Waals surface area contributed by atoms with E-state index in [1.165, 1.54) is 0 Å². The van der Waals surface area contributed by atoms with E-state index in [1.807, 2.05) is 42.9 Å². The number of sulfonamides is 1. The Morgan fingerprint density at radius 2 is 1.88 bits per heavy atom. The van der Waals surface area contributed by atoms with Crippen LogP contribution in [0.15, 0.2) is 49.1 Å². The number of hydrogen-bond acceptors (Lipinski definition) is 3. The summed E-state index contributed by atoms with van der Waals surface area (Å²) < 4.78 is 28.9. The van der Waals surface area contributed by atoms with Crippen LogP contribution in [0.25, 0.3) is 0 Å². The Kier molecular flexibility index (Phi) is 5.68. The highest BCUT2D eigenvalue weighted by atomic mass is 32.2. The normalized spacial score (nSPS) is 17.2. The van der Waals surface area contributed by atoms with Crippen molar-refractivity contribution in [3.05, 3.63) is 54.6 Å². The summed E-state index contributed by atoms with van der Waals surface area (Å²) in [6.45, 7) is 2.31. The van der Waals surface area contributed by atoms with Gasteiger partial charge in [0.2, 0.25) is 10.0 Å². The maximum atomic E-state index is 12.5. The first-order valence-electron chi connectivity index (χ1n) is 8.61. The first kappa shape index (κ1) is 17.2. The molecular weight excluding hydrogens is 322 g/mol. The number of aromatic nitrogens is 2. The van der Waals surface area contributed by atoms with E-state index in [4.69, 9.17) is 0 Å². The molecular formula is C18H25N3O2S. The molecule has 1 aliphatic rings. The highest BCUT2D eigenvalue weighted by Gasteiger charge is 2.27. The molecule has 0 N–H and O–H groups in total. The summed E-state index contributed by atoms with van der Waals surface area (Å²) in [4.78, 5) is 4.05. The van der Waals surface area contributed by atoms with E-state index >= 15 is 0 Å². The third kappa shape index (κ3) is 4.68. The molecule has 2 heterocycles. The maximum Gasteiger partial charge on any atom is 0.218 e. The van der Waals surface area contributed by atoms with Crippen molar-refractivity contribution in [2.24, 2.45) is 5.92 Å². The van der Waals surface area contributed by atoms with Crippen molar-refractivity contribution in [1.29, 1.82) is 0 Å². The number of imidazole rings is 1. The summed E-state index contributed by atoms with van der Waals surface area (Å²) in [5, 5.41) is 0. The molecule has 0 atom stereocenters. The summed E-state index contributed by atoms with van der Waals surface area (Å²) in [5.41, 5.74) is 0.861. The fourth-order valence-corrected chi connectivity index (χ4v) is 4.90. The zero-order valence-electron chi connectivity index (χ0n) is 13.9. The van der Waals surface area contributed by atoms with Gasteiger partial charge in [-0.1, -0.05) is 30.3 Å². The zero-order chi connectivity index (χ0) is 16.8. The number of hydrogen-bond donors (Lipinski definition) is 0. The largest absolute Gasteiger partial charge is 0.337 e. The quantitative estimate of drug-likeness (QED) is 0.774. The Morgan fingerprint density at radius 1 is 1.12 bits per heavy atom. The van der Waals surface area contributed by atoms with Gasteiger partial charge in [-0.3, -0.25) is 0 Å². The van der Waals surface area contributed by atoms with Crippen LogP contribution in [0, 0.1) is 5.92 Å². The summed E-state index contributed by atoms with van der Waals surface area (Å²) >= 11 is 0. The van der Waals surface area contributed by atoms with Crippen LogP contribution in [-0.2, 0) is 22.3 Å². The Morgan fingerprint density at radius 3 is 2.54 bits per heavy atom. The van der Waals surface area contributed by atoms with Gasteiger partial charge in [0.05, 0.1) is 12.1 Å². The Hall–Kier alpha value is -1.66. The molecule has 6 heteroatoms. The lowest BCUT2D eigenvalue weighted by Gasteiger charge is -2.31. The highest BCUT2D eigenvalue weighted by Crippen LogP contribution is 2.25. The van der Waals surface area contributed by atoms with Crippen molar-refractivity contribution in [3.63, 3.8) is 0 Å². The van der Waals surface area contributed by atoms with Crippen molar-refractivity contribution in [3.8, 4) is 0 Å². The minimum atomic E-state index is -3.19. The smallest absolute Gasteiger partial charge is 0.218 e. The predicted molar refractivity (Wildman–Crippen MR) is 94.8 cm³/mol. The minimum Gasteiger partial charge on any atom is -0.337 e. The van der Waals surface area contributed by atoms with E-state index in [0.29, 0.717) is 19.0 Å². The van der Waals surface area contributed by atoms with Gasteiger partial charge in [0.1, 0.15) is 0 Å². The van der Waals surface area contributed by atoms with Crippen molar-refractivity contribution >= 4 is 10.0 Å². The molecule has 0 aliphatic carbocycles. The molecule has 3 rings (SSSR count). The van der Waals surface area contributed by atoms with Crippen LogP contribution >= 0.6 is 0 Å². The fraction of sp³-hybridized carbons (Fsp3) is 0.500. The van der Waals surface area contributed by atoms with E-state index in [2.05, 4.69) is 9.55 Å². The topological polar surface area (TPSA) is 55.2 Å². The van der Waals surface area contributed by atoms with E-state index in [1.54, 1.807) is 10.5 Å². The van der Waals surface area contributed by atoms with Gasteiger partial charge in [0.15, 0.2) is 0 Å². The highest BCUT2D eigenvalue weighted by molar-refractivity contribution is 7.88. The van der Waals surface area contributed by atoms with Gasteiger partial charge in [-0.2, -0.15) is 0 Å². The number of nitrogens with zero attached hydrogens (tertiary/aromatic N) is 3. The second-order valence-electron chi connectivity index (χ2n) is 6.53. The SMILES string of the molecule is O=S(=O)(Cc1ccccc1)N1CCC(CCCn2ccnc2)CC1. The lowest BCUT2D eigenvalue weighted by Crippen LogP contribution is -2.39. The van der Waals surface area contributed by atoms with Crippen LogP contribution in [0.4, 0.5) is 0 Å². The monoisotopic (exact) mass is 347 g/mol. The Labute approximate surface area is 144 Å². The van der Waals surface area contributed by atoms with Crippen LogP contribution < -0.4 is 0 Å². The Bertz CT molecular complexity index is 706. The van der Waals surface area contributed by atoms with E-state index < -0.39 is 10.0 Å². The van der Waals surface area contributed by atoms with Crippen molar-refractivity contribution in [1.82, 2.24) is 13.9 Å². The molecule has 1 aromatic heterocycles. The van der Waals surface area contributed by atoms with Crippen LogP contribution in [0.5, 0.6) is 0 Å². The number of benzene rings is 1. The lowest BCUT2D eigenvalue weighted by atomic mass is 9.93. The molecule has 0 spiro atoms. The lowest BCUT2D eigenvalue weighted by molar-refractivity contribution is 0.257. The number of piperidine rings is 1. The third-order valence-corrected chi connectivity index (χ3v) is 6.60. The number of aryl methyl sites for hydroxylation is 1. The molecule has 1 aliphatic heterocycles. The summed E-state index contributed by atoms with van der Waals surface area (Å²) in [6.07, 6.45) is 9.85. The van der Waals surface area contributed by atoms with Gasteiger partial charge in [0.25, 0.3) is 0 Å². The van der Waals surface area contributed by atoms with E-state index in [0.717, 1.165) is 37.8 Å². The molecule has 1 aromatic carbocycles. The van der Waals surface area contributed by atoms with Crippen molar-refractivity contribution in [2.75, 3.05) is 13.1 Å².